The molecule has 0 spiro atoms. The Kier molecular flexibility index (Phi) is 7.92. The lowest BCUT2D eigenvalue weighted by Gasteiger charge is -2.29. The van der Waals surface area contributed by atoms with E-state index in [2.05, 4.69) is 6.92 Å². The van der Waals surface area contributed by atoms with Gasteiger partial charge in [-0.3, -0.25) is 0 Å². The van der Waals surface area contributed by atoms with Crippen LogP contribution in [0.3, 0.4) is 0 Å². The van der Waals surface area contributed by atoms with Crippen LogP contribution in [0.4, 0.5) is 0 Å². The summed E-state index contributed by atoms with van der Waals surface area (Å²) in [5, 5.41) is 11.3. The Bertz CT molecular complexity index is 660. The Morgan fingerprint density at radius 1 is 1.04 bits per heavy atom. The minimum Gasteiger partial charge on any atom is -0.461 e. The third-order valence-electron chi connectivity index (χ3n) is 4.56. The maximum Gasteiger partial charge on any atom is 0.334 e. The molecule has 1 radical (unpaired) electrons. The van der Waals surface area contributed by atoms with E-state index in [4.69, 9.17) is 4.74 Å². The Labute approximate surface area is 157 Å². The van der Waals surface area contributed by atoms with Gasteiger partial charge in [0.2, 0.25) is 7.28 Å². The Hall–Kier alpha value is -2.07. The van der Waals surface area contributed by atoms with Crippen LogP contribution in [-0.2, 0) is 15.0 Å². The number of carbonyl (C=O) groups excluding carboxylic acids is 1. The molecule has 4 heteroatoms. The van der Waals surface area contributed by atoms with Gasteiger partial charge in [0.1, 0.15) is 6.10 Å². The molecule has 3 nitrogen and oxygen atoms in total. The van der Waals surface area contributed by atoms with Gasteiger partial charge in [-0.2, -0.15) is 0 Å². The lowest BCUT2D eigenvalue weighted by molar-refractivity contribution is -0.164. The highest BCUT2D eigenvalue weighted by molar-refractivity contribution is 6.60. The first kappa shape index (κ1) is 20.2. The Balaban J connectivity index is 2.21. The quantitative estimate of drug-likeness (QED) is 0.403. The van der Waals surface area contributed by atoms with Crippen molar-refractivity contribution in [3.05, 3.63) is 66.2 Å². The van der Waals surface area contributed by atoms with E-state index < -0.39 is 11.5 Å². The molecule has 1 N–H and O–H groups in total. The molecule has 0 aliphatic rings. The molecule has 26 heavy (non-hydrogen) atoms. The molecule has 2 aromatic carbocycles. The van der Waals surface area contributed by atoms with Crippen molar-refractivity contribution in [2.24, 2.45) is 0 Å². The number of esters is 1. The lowest BCUT2D eigenvalue weighted by atomic mass is 9.53. The van der Waals surface area contributed by atoms with E-state index in [-0.39, 0.29) is 6.10 Å². The largest absolute Gasteiger partial charge is 0.461 e. The van der Waals surface area contributed by atoms with Crippen LogP contribution in [0, 0.1) is 0 Å². The smallest absolute Gasteiger partial charge is 0.334 e. The molecule has 137 valence electrons. The number of hydrogen-bond acceptors (Lipinski definition) is 3. The highest BCUT2D eigenvalue weighted by Crippen LogP contribution is 2.24. The van der Waals surface area contributed by atoms with Gasteiger partial charge in [0, 0.05) is 0 Å². The zero-order valence-corrected chi connectivity index (χ0v) is 15.7. The molecule has 0 bridgehead atoms. The number of unbranched alkanes of at least 4 members (excludes halogenated alkanes) is 2. The van der Waals surface area contributed by atoms with Crippen LogP contribution in [0.15, 0.2) is 60.7 Å². The Morgan fingerprint density at radius 3 is 2.23 bits per heavy atom. The molecule has 1 unspecified atom stereocenters. The summed E-state index contributed by atoms with van der Waals surface area (Å²) in [6.45, 7) is 4.16. The van der Waals surface area contributed by atoms with Crippen LogP contribution >= 0.6 is 0 Å². The average Bonchev–Trinajstić information content (AvgIpc) is 2.68. The Morgan fingerprint density at radius 2 is 1.65 bits per heavy atom. The van der Waals surface area contributed by atoms with Crippen LogP contribution in [0.5, 0.6) is 0 Å². The van der Waals surface area contributed by atoms with E-state index in [1.165, 1.54) is 0 Å². The fourth-order valence-electron chi connectivity index (χ4n) is 2.95. The third kappa shape index (κ3) is 5.47. The summed E-state index contributed by atoms with van der Waals surface area (Å²) in [5.41, 5.74) is -0.520. The molecule has 0 aliphatic carbocycles. The predicted molar refractivity (Wildman–Crippen MR) is 106 cm³/mol. The molecule has 0 heterocycles. The summed E-state index contributed by atoms with van der Waals surface area (Å²) in [6, 6.07) is 18.4. The average molecular weight is 351 g/mol. The van der Waals surface area contributed by atoms with Crippen LogP contribution in [-0.4, -0.2) is 24.5 Å². The standard InChI is InChI=1S/C22H28BO3/c1-3-5-8-17-20(4-2)26-21(24)22(25,18-13-9-6-10-14-18)23-19-15-11-7-12-16-19/h6-7,9-16,20,25H,3-5,8,17H2,1-2H3/t20?,22-/m0/s1. The summed E-state index contributed by atoms with van der Waals surface area (Å²) >= 11 is 0. The molecule has 0 saturated carbocycles. The van der Waals surface area contributed by atoms with Gasteiger partial charge in [-0.05, 0) is 24.8 Å². The first-order valence-corrected chi connectivity index (χ1v) is 9.50. The molecule has 0 fully saturated rings. The maximum atomic E-state index is 13.0. The second-order valence-electron chi connectivity index (χ2n) is 6.62. The topological polar surface area (TPSA) is 46.5 Å². The van der Waals surface area contributed by atoms with Crippen molar-refractivity contribution in [3.8, 4) is 0 Å². The monoisotopic (exact) mass is 351 g/mol. The zero-order valence-electron chi connectivity index (χ0n) is 15.7. The van der Waals surface area contributed by atoms with Crippen LogP contribution < -0.4 is 5.46 Å². The molecule has 0 amide bonds. The molecule has 0 saturated heterocycles. The van der Waals surface area contributed by atoms with Crippen molar-refractivity contribution in [1.82, 2.24) is 0 Å². The molecular formula is C22H28BO3. The number of benzene rings is 2. The van der Waals surface area contributed by atoms with Crippen molar-refractivity contribution in [3.63, 3.8) is 0 Å². The van der Waals surface area contributed by atoms with Gasteiger partial charge in [0.15, 0.2) is 5.50 Å². The minimum atomic E-state index is -1.80. The van der Waals surface area contributed by atoms with Crippen molar-refractivity contribution in [1.29, 1.82) is 0 Å². The summed E-state index contributed by atoms with van der Waals surface area (Å²) in [7, 11) is 1.57. The minimum absolute atomic E-state index is 0.173. The molecule has 2 aromatic rings. The van der Waals surface area contributed by atoms with Crippen LogP contribution in [0.2, 0.25) is 0 Å². The number of ether oxygens (including phenoxy) is 1. The first-order chi connectivity index (χ1) is 12.6. The van der Waals surface area contributed by atoms with Crippen molar-refractivity contribution in [2.75, 3.05) is 0 Å². The van der Waals surface area contributed by atoms with Crippen LogP contribution in [0.25, 0.3) is 0 Å². The van der Waals surface area contributed by atoms with Crippen molar-refractivity contribution < 1.29 is 14.6 Å². The van der Waals surface area contributed by atoms with E-state index >= 15 is 0 Å². The van der Waals surface area contributed by atoms with E-state index in [9.17, 15) is 9.90 Å². The maximum absolute atomic E-state index is 13.0. The number of carbonyl (C=O) groups is 1. The summed E-state index contributed by atoms with van der Waals surface area (Å²) in [5.74, 6) is -0.615. The van der Waals surface area contributed by atoms with E-state index in [1.54, 1.807) is 19.4 Å². The van der Waals surface area contributed by atoms with Gasteiger partial charge in [0.05, 0.1) is 0 Å². The van der Waals surface area contributed by atoms with Gasteiger partial charge in [-0.15, -0.1) is 0 Å². The number of rotatable bonds is 10. The summed E-state index contributed by atoms with van der Waals surface area (Å²) < 4.78 is 5.72. The summed E-state index contributed by atoms with van der Waals surface area (Å²) in [4.78, 5) is 13.0. The lowest BCUT2D eigenvalue weighted by Crippen LogP contribution is -2.48. The number of aliphatic hydroxyl groups is 1. The van der Waals surface area contributed by atoms with E-state index in [0.29, 0.717) is 5.56 Å². The van der Waals surface area contributed by atoms with E-state index in [1.807, 2.05) is 55.5 Å². The van der Waals surface area contributed by atoms with Gasteiger partial charge in [0.25, 0.3) is 0 Å². The normalized spacial score (nSPS) is 14.3. The van der Waals surface area contributed by atoms with Gasteiger partial charge in [-0.25, -0.2) is 4.79 Å². The van der Waals surface area contributed by atoms with Crippen LogP contribution in [0.1, 0.15) is 51.5 Å². The fraction of sp³-hybridized carbons (Fsp3) is 0.409. The molecule has 0 aromatic heterocycles. The van der Waals surface area contributed by atoms with Gasteiger partial charge >= 0.3 is 5.97 Å². The summed E-state index contributed by atoms with van der Waals surface area (Å²) in [6.07, 6.45) is 4.66. The zero-order chi connectivity index (χ0) is 18.8. The van der Waals surface area contributed by atoms with Crippen molar-refractivity contribution in [2.45, 2.75) is 57.6 Å². The second-order valence-corrected chi connectivity index (χ2v) is 6.62. The molecule has 2 atom stereocenters. The molecule has 0 aliphatic heterocycles. The number of hydrogen-bond donors (Lipinski definition) is 1. The fourth-order valence-corrected chi connectivity index (χ4v) is 2.95. The van der Waals surface area contributed by atoms with Crippen molar-refractivity contribution >= 4 is 18.7 Å². The SMILES string of the molecule is CCCCCC(CC)OC(=O)[C@](O)([B]c1ccccc1)c1ccccc1. The predicted octanol–water partition coefficient (Wildman–Crippen LogP) is 3.76. The molecular weight excluding hydrogens is 323 g/mol. The highest BCUT2D eigenvalue weighted by Gasteiger charge is 2.41. The first-order valence-electron chi connectivity index (χ1n) is 9.50. The van der Waals surface area contributed by atoms with Gasteiger partial charge < -0.3 is 9.84 Å². The molecule has 2 rings (SSSR count). The third-order valence-corrected chi connectivity index (χ3v) is 4.56. The van der Waals surface area contributed by atoms with Gasteiger partial charge in [-0.1, -0.05) is 92.8 Å². The second kappa shape index (κ2) is 10.2. The van der Waals surface area contributed by atoms with E-state index in [0.717, 1.165) is 37.6 Å². The highest BCUT2D eigenvalue weighted by atomic mass is 16.6.